The lowest BCUT2D eigenvalue weighted by molar-refractivity contribution is -0.131. The second-order valence-corrected chi connectivity index (χ2v) is 8.15. The molecule has 0 aliphatic carbocycles. The summed E-state index contributed by atoms with van der Waals surface area (Å²) in [6.07, 6.45) is 5.60. The van der Waals surface area contributed by atoms with Crippen LogP contribution in [-0.2, 0) is 11.2 Å². The number of nitrogens with zero attached hydrogens (tertiary/aromatic N) is 3. The highest BCUT2D eigenvalue weighted by molar-refractivity contribution is 5.88. The van der Waals surface area contributed by atoms with E-state index in [-0.39, 0.29) is 24.2 Å². The molecule has 1 N–H and O–H groups in total. The van der Waals surface area contributed by atoms with Gasteiger partial charge in [0, 0.05) is 49.0 Å². The first-order chi connectivity index (χ1) is 15.0. The van der Waals surface area contributed by atoms with Crippen molar-refractivity contribution in [3.8, 4) is 11.1 Å². The van der Waals surface area contributed by atoms with Crippen LogP contribution >= 0.6 is 0 Å². The first kappa shape index (κ1) is 21.3. The molecule has 2 aromatic heterocycles. The van der Waals surface area contributed by atoms with Gasteiger partial charge in [0.25, 0.3) is 0 Å². The van der Waals surface area contributed by atoms with Crippen molar-refractivity contribution in [3.05, 3.63) is 60.4 Å². The van der Waals surface area contributed by atoms with Crippen LogP contribution in [0.5, 0.6) is 0 Å². The summed E-state index contributed by atoms with van der Waals surface area (Å²) < 4.78 is 26.5. The highest BCUT2D eigenvalue weighted by Crippen LogP contribution is 2.25. The number of halogens is 2. The van der Waals surface area contributed by atoms with Crippen LogP contribution in [-0.4, -0.2) is 52.6 Å². The minimum Gasteiger partial charge on any atom is -0.342 e. The van der Waals surface area contributed by atoms with Gasteiger partial charge in [-0.25, -0.2) is 8.78 Å². The van der Waals surface area contributed by atoms with Crippen molar-refractivity contribution in [2.24, 2.45) is 0 Å². The molecular formula is C24H26F2N4O. The molecule has 3 heterocycles. The van der Waals surface area contributed by atoms with Gasteiger partial charge in [0.15, 0.2) is 0 Å². The maximum Gasteiger partial charge on any atom is 0.228 e. The summed E-state index contributed by atoms with van der Waals surface area (Å²) >= 11 is 0. The van der Waals surface area contributed by atoms with Crippen molar-refractivity contribution in [2.75, 3.05) is 19.6 Å². The molecule has 0 saturated carbocycles. The van der Waals surface area contributed by atoms with Crippen molar-refractivity contribution >= 4 is 16.7 Å². The Balaban J connectivity index is 1.42. The monoisotopic (exact) mass is 424 g/mol. The smallest absolute Gasteiger partial charge is 0.228 e. The molecule has 1 aromatic carbocycles. The summed E-state index contributed by atoms with van der Waals surface area (Å²) in [4.78, 5) is 23.0. The van der Waals surface area contributed by atoms with E-state index in [2.05, 4.69) is 15.3 Å². The second kappa shape index (κ2) is 9.47. The molecule has 1 unspecified atom stereocenters. The maximum atomic E-state index is 13.5. The fourth-order valence-electron chi connectivity index (χ4n) is 3.96. The molecule has 162 valence electrons. The number of alkyl halides is 1. The number of nitrogens with one attached hydrogen (secondary N) is 1. The van der Waals surface area contributed by atoms with E-state index in [1.807, 2.05) is 29.2 Å². The normalized spacial score (nSPS) is 15.9. The number of carbonyl (C=O) groups excluding carboxylic acids is 1. The molecule has 0 spiro atoms. The predicted octanol–water partition coefficient (Wildman–Crippen LogP) is 3.92. The number of piperidine rings is 1. The summed E-state index contributed by atoms with van der Waals surface area (Å²) in [5.74, 6) is -0.327. The van der Waals surface area contributed by atoms with Crippen LogP contribution in [0.3, 0.4) is 0 Å². The number of hydrogen-bond donors (Lipinski definition) is 1. The van der Waals surface area contributed by atoms with Crippen LogP contribution in [0.25, 0.3) is 21.9 Å². The number of amides is 1. The Morgan fingerprint density at radius 2 is 1.94 bits per heavy atom. The Morgan fingerprint density at radius 1 is 1.13 bits per heavy atom. The summed E-state index contributed by atoms with van der Waals surface area (Å²) in [6, 6.07) is 9.44. The second-order valence-electron chi connectivity index (χ2n) is 8.15. The molecule has 3 aromatic rings. The third-order valence-electron chi connectivity index (χ3n) is 5.68. The third-order valence-corrected chi connectivity index (χ3v) is 5.68. The SMILES string of the molecule is CC(F)CNC1CCN(C(=O)Cc2cc3cc(-c4cncc(F)c4)ccc3cn2)CC1. The summed E-state index contributed by atoms with van der Waals surface area (Å²) in [5.41, 5.74) is 2.27. The van der Waals surface area contributed by atoms with Crippen LogP contribution in [0.4, 0.5) is 8.78 Å². The number of pyridine rings is 2. The molecule has 0 bridgehead atoms. The number of rotatable bonds is 6. The molecule has 1 saturated heterocycles. The van der Waals surface area contributed by atoms with Crippen LogP contribution < -0.4 is 5.32 Å². The largest absolute Gasteiger partial charge is 0.342 e. The fraction of sp³-hybridized carbons (Fsp3) is 0.375. The first-order valence-corrected chi connectivity index (χ1v) is 10.6. The van der Waals surface area contributed by atoms with Crippen molar-refractivity contribution in [1.29, 1.82) is 0 Å². The van der Waals surface area contributed by atoms with E-state index in [0.29, 0.717) is 30.9 Å². The molecule has 1 fully saturated rings. The number of hydrogen-bond acceptors (Lipinski definition) is 4. The molecule has 1 amide bonds. The highest BCUT2D eigenvalue weighted by atomic mass is 19.1. The Kier molecular flexibility index (Phi) is 6.51. The van der Waals surface area contributed by atoms with Crippen molar-refractivity contribution < 1.29 is 13.6 Å². The van der Waals surface area contributed by atoms with Gasteiger partial charge < -0.3 is 10.2 Å². The topological polar surface area (TPSA) is 58.1 Å². The number of fused-ring (bicyclic) bond motifs is 1. The van der Waals surface area contributed by atoms with Gasteiger partial charge in [-0.15, -0.1) is 0 Å². The summed E-state index contributed by atoms with van der Waals surface area (Å²) in [6.45, 7) is 3.23. The molecule has 7 heteroatoms. The number of aromatic nitrogens is 2. The standard InChI is InChI=1S/C24H26F2N4O/c1-16(25)12-28-22-4-6-30(7-5-22)24(31)11-23-10-19-8-17(2-3-18(19)14-29-23)20-9-21(26)15-27-13-20/h2-3,8-10,13-16,22,28H,4-7,11-12H2,1H3. The highest BCUT2D eigenvalue weighted by Gasteiger charge is 2.23. The van der Waals surface area contributed by atoms with Gasteiger partial charge in [-0.3, -0.25) is 14.8 Å². The average molecular weight is 424 g/mol. The lowest BCUT2D eigenvalue weighted by Crippen LogP contribution is -2.46. The van der Waals surface area contributed by atoms with Gasteiger partial charge in [0.05, 0.1) is 18.3 Å². The fourth-order valence-corrected chi connectivity index (χ4v) is 3.96. The Bertz CT molecular complexity index is 1060. The van der Waals surface area contributed by atoms with E-state index in [9.17, 15) is 13.6 Å². The minimum absolute atomic E-state index is 0.0506. The number of carbonyl (C=O) groups is 1. The number of likely N-dealkylation sites (tertiary alicyclic amines) is 1. The van der Waals surface area contributed by atoms with Crippen molar-refractivity contribution in [1.82, 2.24) is 20.2 Å². The summed E-state index contributed by atoms with van der Waals surface area (Å²) in [5, 5.41) is 5.12. The van der Waals surface area contributed by atoms with Crippen LogP contribution in [0.15, 0.2) is 48.9 Å². The van der Waals surface area contributed by atoms with E-state index in [1.54, 1.807) is 19.3 Å². The Hall–Kier alpha value is -2.93. The van der Waals surface area contributed by atoms with E-state index in [0.717, 1.165) is 29.2 Å². The molecule has 1 atom stereocenters. The molecule has 5 nitrogen and oxygen atoms in total. The zero-order valence-corrected chi connectivity index (χ0v) is 17.5. The van der Waals surface area contributed by atoms with Crippen LogP contribution in [0, 0.1) is 5.82 Å². The molecule has 4 rings (SSSR count). The van der Waals surface area contributed by atoms with Crippen LogP contribution in [0.1, 0.15) is 25.5 Å². The van der Waals surface area contributed by atoms with Gasteiger partial charge in [0.2, 0.25) is 5.91 Å². The first-order valence-electron chi connectivity index (χ1n) is 10.6. The zero-order valence-electron chi connectivity index (χ0n) is 17.5. The van der Waals surface area contributed by atoms with Crippen molar-refractivity contribution in [2.45, 2.75) is 38.4 Å². The average Bonchev–Trinajstić information content (AvgIpc) is 2.77. The summed E-state index contributed by atoms with van der Waals surface area (Å²) in [7, 11) is 0. The lowest BCUT2D eigenvalue weighted by atomic mass is 10.0. The van der Waals surface area contributed by atoms with Crippen molar-refractivity contribution in [3.63, 3.8) is 0 Å². The van der Waals surface area contributed by atoms with E-state index in [1.165, 1.54) is 12.3 Å². The molecule has 1 aliphatic heterocycles. The molecule has 0 radical (unpaired) electrons. The Labute approximate surface area is 180 Å². The van der Waals surface area contributed by atoms with E-state index < -0.39 is 6.17 Å². The molecule has 1 aliphatic rings. The van der Waals surface area contributed by atoms with Gasteiger partial charge in [0.1, 0.15) is 12.0 Å². The van der Waals surface area contributed by atoms with Gasteiger partial charge >= 0.3 is 0 Å². The predicted molar refractivity (Wildman–Crippen MR) is 117 cm³/mol. The van der Waals surface area contributed by atoms with Gasteiger partial charge in [-0.1, -0.05) is 12.1 Å². The van der Waals surface area contributed by atoms with Crippen LogP contribution in [0.2, 0.25) is 0 Å². The molecule has 31 heavy (non-hydrogen) atoms. The van der Waals surface area contributed by atoms with E-state index >= 15 is 0 Å². The zero-order chi connectivity index (χ0) is 21.8. The quantitative estimate of drug-likeness (QED) is 0.652. The van der Waals surface area contributed by atoms with E-state index in [4.69, 9.17) is 0 Å². The number of benzene rings is 1. The Morgan fingerprint density at radius 3 is 2.68 bits per heavy atom. The minimum atomic E-state index is -0.865. The lowest BCUT2D eigenvalue weighted by Gasteiger charge is -2.32. The third kappa shape index (κ3) is 5.41. The maximum absolute atomic E-state index is 13.5. The van der Waals surface area contributed by atoms with Gasteiger partial charge in [-0.2, -0.15) is 0 Å². The van der Waals surface area contributed by atoms with Gasteiger partial charge in [-0.05, 0) is 48.9 Å². The molecular weight excluding hydrogens is 398 g/mol.